The van der Waals surface area contributed by atoms with Crippen LogP contribution in [0.4, 0.5) is 0 Å². The van der Waals surface area contributed by atoms with E-state index in [2.05, 4.69) is 6.07 Å². The summed E-state index contributed by atoms with van der Waals surface area (Å²) in [7, 11) is 0. The van der Waals surface area contributed by atoms with E-state index in [1.54, 1.807) is 18.2 Å². The number of hydrogen-bond acceptors (Lipinski definition) is 3. The summed E-state index contributed by atoms with van der Waals surface area (Å²) in [6, 6.07) is 9.37. The summed E-state index contributed by atoms with van der Waals surface area (Å²) in [5, 5.41) is 9.46. The van der Waals surface area contributed by atoms with Crippen LogP contribution in [0.2, 0.25) is 0 Å². The molecule has 0 spiro atoms. The molecular formula is C15H14N2O2. The first-order valence-corrected chi connectivity index (χ1v) is 6.54. The van der Waals surface area contributed by atoms with Crippen LogP contribution in [0, 0.1) is 11.3 Å². The molecule has 1 aliphatic heterocycles. The Bertz CT molecular complexity index is 594. The number of hydrogen-bond donors (Lipinski definition) is 0. The number of fused-ring (bicyclic) bond motifs is 1. The van der Waals surface area contributed by atoms with Crippen molar-refractivity contribution in [3.05, 3.63) is 35.4 Å². The summed E-state index contributed by atoms with van der Waals surface area (Å²) < 4.78 is 0. The zero-order chi connectivity index (χ0) is 13.5. The predicted molar refractivity (Wildman–Crippen MR) is 68.1 cm³/mol. The number of nitrogens with zero attached hydrogens (tertiary/aromatic N) is 2. The first-order valence-electron chi connectivity index (χ1n) is 6.54. The lowest BCUT2D eigenvalue weighted by molar-refractivity contribution is -0.131. The van der Waals surface area contributed by atoms with Crippen LogP contribution in [0.1, 0.15) is 41.6 Å². The van der Waals surface area contributed by atoms with E-state index in [-0.39, 0.29) is 18.2 Å². The number of benzene rings is 1. The second-order valence-corrected chi connectivity index (χ2v) is 5.22. The molecule has 1 aromatic carbocycles. The zero-order valence-electron chi connectivity index (χ0n) is 10.6. The van der Waals surface area contributed by atoms with Gasteiger partial charge in [0, 0.05) is 5.56 Å². The maximum Gasteiger partial charge on any atom is 0.262 e. The van der Waals surface area contributed by atoms with E-state index < -0.39 is 5.54 Å². The van der Waals surface area contributed by atoms with Crippen LogP contribution in [0.25, 0.3) is 0 Å². The summed E-state index contributed by atoms with van der Waals surface area (Å²) in [6.07, 6.45) is 3.20. The predicted octanol–water partition coefficient (Wildman–Crippen LogP) is 2.05. The maximum atomic E-state index is 12.5. The molecule has 2 aliphatic rings. The van der Waals surface area contributed by atoms with Crippen LogP contribution >= 0.6 is 0 Å². The molecule has 1 heterocycles. The number of amides is 2. The lowest BCUT2D eigenvalue weighted by Crippen LogP contribution is -2.55. The fourth-order valence-corrected chi connectivity index (χ4v) is 3.14. The minimum Gasteiger partial charge on any atom is -0.274 e. The van der Waals surface area contributed by atoms with Crippen LogP contribution in [-0.2, 0) is 11.2 Å². The molecule has 0 bridgehead atoms. The van der Waals surface area contributed by atoms with Gasteiger partial charge < -0.3 is 0 Å². The van der Waals surface area contributed by atoms with Crippen molar-refractivity contribution >= 4 is 11.8 Å². The highest BCUT2D eigenvalue weighted by Crippen LogP contribution is 2.38. The summed E-state index contributed by atoms with van der Waals surface area (Å²) in [6.45, 7) is 0. The second-order valence-electron chi connectivity index (χ2n) is 5.22. The van der Waals surface area contributed by atoms with Crippen molar-refractivity contribution in [2.24, 2.45) is 0 Å². The zero-order valence-corrected chi connectivity index (χ0v) is 10.6. The highest BCUT2D eigenvalue weighted by molar-refractivity contribution is 6.10. The molecule has 0 N–H and O–H groups in total. The molecule has 0 radical (unpaired) electrons. The summed E-state index contributed by atoms with van der Waals surface area (Å²) in [5.41, 5.74) is 0.408. The molecule has 2 amide bonds. The van der Waals surface area contributed by atoms with Gasteiger partial charge in [-0.25, -0.2) is 0 Å². The first-order chi connectivity index (χ1) is 9.18. The van der Waals surface area contributed by atoms with Gasteiger partial charge >= 0.3 is 0 Å². The monoisotopic (exact) mass is 254 g/mol. The summed E-state index contributed by atoms with van der Waals surface area (Å²) >= 11 is 0. The molecule has 4 heteroatoms. The molecule has 4 nitrogen and oxygen atoms in total. The first kappa shape index (κ1) is 11.9. The molecule has 19 heavy (non-hydrogen) atoms. The molecule has 1 aromatic rings. The van der Waals surface area contributed by atoms with E-state index in [0.29, 0.717) is 18.4 Å². The quantitative estimate of drug-likeness (QED) is 0.720. The molecule has 1 aliphatic carbocycles. The van der Waals surface area contributed by atoms with E-state index in [1.807, 2.05) is 6.07 Å². The SMILES string of the molecule is N#CC1(N2C(=O)Cc3ccccc3C2=O)CCCC1. The van der Waals surface area contributed by atoms with Crippen molar-refractivity contribution in [3.63, 3.8) is 0 Å². The number of carbonyl (C=O) groups is 2. The lowest BCUT2D eigenvalue weighted by Gasteiger charge is -2.37. The molecule has 96 valence electrons. The lowest BCUT2D eigenvalue weighted by atomic mass is 9.90. The Balaban J connectivity index is 2.07. The van der Waals surface area contributed by atoms with Gasteiger partial charge in [0.2, 0.25) is 5.91 Å². The van der Waals surface area contributed by atoms with E-state index in [0.717, 1.165) is 18.4 Å². The Kier molecular flexibility index (Phi) is 2.63. The summed E-state index contributed by atoms with van der Waals surface area (Å²) in [4.78, 5) is 26.0. The van der Waals surface area contributed by atoms with Gasteiger partial charge in [-0.05, 0) is 37.3 Å². The highest BCUT2D eigenvalue weighted by atomic mass is 16.2. The van der Waals surface area contributed by atoms with Crippen LogP contribution in [0.15, 0.2) is 24.3 Å². The molecule has 3 rings (SSSR count). The normalized spacial score (nSPS) is 21.1. The van der Waals surface area contributed by atoms with Crippen LogP contribution < -0.4 is 0 Å². The van der Waals surface area contributed by atoms with Crippen molar-refractivity contribution in [2.75, 3.05) is 0 Å². The minimum absolute atomic E-state index is 0.214. The van der Waals surface area contributed by atoms with Crippen molar-refractivity contribution in [1.82, 2.24) is 4.90 Å². The molecule has 1 saturated carbocycles. The Morgan fingerprint density at radius 2 is 1.84 bits per heavy atom. The number of rotatable bonds is 1. The van der Waals surface area contributed by atoms with Crippen LogP contribution in [0.3, 0.4) is 0 Å². The highest BCUT2D eigenvalue weighted by Gasteiger charge is 2.48. The van der Waals surface area contributed by atoms with E-state index in [1.165, 1.54) is 4.90 Å². The third kappa shape index (κ3) is 1.66. The van der Waals surface area contributed by atoms with Gasteiger partial charge in [0.25, 0.3) is 5.91 Å². The van der Waals surface area contributed by atoms with E-state index in [9.17, 15) is 14.9 Å². The molecular weight excluding hydrogens is 240 g/mol. The minimum atomic E-state index is -0.915. The Morgan fingerprint density at radius 1 is 1.16 bits per heavy atom. The van der Waals surface area contributed by atoms with E-state index in [4.69, 9.17) is 0 Å². The topological polar surface area (TPSA) is 61.2 Å². The molecule has 0 saturated heterocycles. The summed E-state index contributed by atoms with van der Waals surface area (Å²) in [5.74, 6) is -0.553. The van der Waals surface area contributed by atoms with Gasteiger partial charge in [-0.2, -0.15) is 5.26 Å². The van der Waals surface area contributed by atoms with Crippen LogP contribution in [0.5, 0.6) is 0 Å². The maximum absolute atomic E-state index is 12.5. The van der Waals surface area contributed by atoms with Gasteiger partial charge in [0.15, 0.2) is 0 Å². The van der Waals surface area contributed by atoms with E-state index >= 15 is 0 Å². The van der Waals surface area contributed by atoms with Gasteiger partial charge in [0.05, 0.1) is 12.5 Å². The van der Waals surface area contributed by atoms with Gasteiger partial charge in [-0.1, -0.05) is 18.2 Å². The molecule has 1 fully saturated rings. The Labute approximate surface area is 111 Å². The van der Waals surface area contributed by atoms with Crippen molar-refractivity contribution in [3.8, 4) is 6.07 Å². The number of imide groups is 1. The van der Waals surface area contributed by atoms with Crippen LogP contribution in [-0.4, -0.2) is 22.3 Å². The average molecular weight is 254 g/mol. The standard InChI is InChI=1S/C15H14N2O2/c16-10-15(7-3-4-8-15)17-13(18)9-11-5-1-2-6-12(11)14(17)19/h1-2,5-6H,3-4,7-9H2. The average Bonchev–Trinajstić information content (AvgIpc) is 2.88. The fourth-order valence-electron chi connectivity index (χ4n) is 3.14. The van der Waals surface area contributed by atoms with Crippen molar-refractivity contribution in [1.29, 1.82) is 5.26 Å². The largest absolute Gasteiger partial charge is 0.274 e. The fraction of sp³-hybridized carbons (Fsp3) is 0.400. The number of nitriles is 1. The Hall–Kier alpha value is -2.15. The molecule has 0 aromatic heterocycles. The van der Waals surface area contributed by atoms with Crippen molar-refractivity contribution in [2.45, 2.75) is 37.6 Å². The molecule has 0 atom stereocenters. The molecule has 0 unspecified atom stereocenters. The third-order valence-corrected chi connectivity index (χ3v) is 4.11. The number of carbonyl (C=O) groups excluding carboxylic acids is 2. The second kappa shape index (κ2) is 4.20. The van der Waals surface area contributed by atoms with Gasteiger partial charge in [-0.15, -0.1) is 0 Å². The third-order valence-electron chi connectivity index (χ3n) is 4.11. The van der Waals surface area contributed by atoms with Gasteiger partial charge in [-0.3, -0.25) is 14.5 Å². The van der Waals surface area contributed by atoms with Gasteiger partial charge in [0.1, 0.15) is 5.54 Å². The van der Waals surface area contributed by atoms with Crippen molar-refractivity contribution < 1.29 is 9.59 Å². The Morgan fingerprint density at radius 3 is 2.53 bits per heavy atom. The smallest absolute Gasteiger partial charge is 0.262 e.